The summed E-state index contributed by atoms with van der Waals surface area (Å²) in [6.45, 7) is 0. The van der Waals surface area contributed by atoms with Crippen molar-refractivity contribution in [1.29, 1.82) is 0 Å². The highest BCUT2D eigenvalue weighted by atomic mass is 15.0. The van der Waals surface area contributed by atoms with Gasteiger partial charge in [0.2, 0.25) is 0 Å². The third-order valence-corrected chi connectivity index (χ3v) is 9.90. The van der Waals surface area contributed by atoms with E-state index in [0.29, 0.717) is 17.5 Å². The van der Waals surface area contributed by atoms with Gasteiger partial charge in [-0.3, -0.25) is 0 Å². The first-order valence-corrected chi connectivity index (χ1v) is 18.0. The quantitative estimate of drug-likeness (QED) is 0.163. The number of aromatic nitrogens is 5. The number of hydrogen-bond donors (Lipinski definition) is 0. The average Bonchev–Trinajstić information content (AvgIpc) is 3.26. The van der Waals surface area contributed by atoms with Crippen molar-refractivity contribution in [2.75, 3.05) is 0 Å². The van der Waals surface area contributed by atoms with E-state index in [2.05, 4.69) is 103 Å². The highest BCUT2D eigenvalue weighted by molar-refractivity contribution is 6.21. The van der Waals surface area contributed by atoms with E-state index < -0.39 is 0 Å². The van der Waals surface area contributed by atoms with Gasteiger partial charge in [-0.25, -0.2) is 24.9 Å². The summed E-state index contributed by atoms with van der Waals surface area (Å²) in [5.41, 5.74) is 10.8. The van der Waals surface area contributed by atoms with Crippen LogP contribution in [0.15, 0.2) is 188 Å². The van der Waals surface area contributed by atoms with E-state index in [1.807, 2.05) is 84.9 Å². The highest BCUT2D eigenvalue weighted by Crippen LogP contribution is 2.39. The van der Waals surface area contributed by atoms with Gasteiger partial charge in [0.25, 0.3) is 0 Å². The van der Waals surface area contributed by atoms with Crippen molar-refractivity contribution in [1.82, 2.24) is 24.9 Å². The second kappa shape index (κ2) is 13.3. The normalized spacial score (nSPS) is 11.3. The molecule has 0 amide bonds. The summed E-state index contributed by atoms with van der Waals surface area (Å²) < 4.78 is 0. The molecule has 10 rings (SSSR count). The van der Waals surface area contributed by atoms with Crippen molar-refractivity contribution in [2.24, 2.45) is 0 Å². The van der Waals surface area contributed by atoms with Crippen LogP contribution in [0.1, 0.15) is 0 Å². The fourth-order valence-corrected chi connectivity index (χ4v) is 7.24. The molecule has 0 aliphatic heterocycles. The Kier molecular flexibility index (Phi) is 7.73. The maximum atomic E-state index is 5.40. The monoisotopic (exact) mass is 689 g/mol. The third-order valence-electron chi connectivity index (χ3n) is 9.90. The molecular formula is C49H31N5. The van der Waals surface area contributed by atoms with Crippen LogP contribution in [-0.2, 0) is 0 Å². The molecule has 0 spiro atoms. The van der Waals surface area contributed by atoms with Gasteiger partial charge in [-0.2, -0.15) is 0 Å². The summed E-state index contributed by atoms with van der Waals surface area (Å²) in [5, 5.41) is 4.43. The Bertz CT molecular complexity index is 2910. The second-order valence-electron chi connectivity index (χ2n) is 13.3. The molecule has 0 fully saturated rings. The minimum Gasteiger partial charge on any atom is -0.248 e. The smallest absolute Gasteiger partial charge is 0.164 e. The van der Waals surface area contributed by atoms with Crippen LogP contribution in [0.2, 0.25) is 0 Å². The van der Waals surface area contributed by atoms with Gasteiger partial charge < -0.3 is 0 Å². The minimum absolute atomic E-state index is 0.622. The fourth-order valence-electron chi connectivity index (χ4n) is 7.24. The van der Waals surface area contributed by atoms with Crippen molar-refractivity contribution < 1.29 is 0 Å². The predicted octanol–water partition coefficient (Wildman–Crippen LogP) is 12.1. The SMILES string of the molecule is c1ccc(-c2ccc3c(ccc4c5ccc(-c6cccc(-c7nc(-c8ccccc8)nc(-c8ccccc8)n7)c6)cc5nc(-c5ccccc5)c34)n2)cc1. The van der Waals surface area contributed by atoms with Gasteiger partial charge in [-0.1, -0.05) is 158 Å². The predicted molar refractivity (Wildman–Crippen MR) is 221 cm³/mol. The van der Waals surface area contributed by atoms with Crippen LogP contribution in [0.4, 0.5) is 0 Å². The molecule has 0 N–H and O–H groups in total. The van der Waals surface area contributed by atoms with Gasteiger partial charge in [0.1, 0.15) is 0 Å². The molecule has 0 radical (unpaired) electrons. The Balaban J connectivity index is 1.11. The largest absolute Gasteiger partial charge is 0.248 e. The summed E-state index contributed by atoms with van der Waals surface area (Å²) in [4.78, 5) is 25.3. The van der Waals surface area contributed by atoms with Gasteiger partial charge >= 0.3 is 0 Å². The number of rotatable bonds is 6. The maximum absolute atomic E-state index is 5.40. The molecule has 5 nitrogen and oxygen atoms in total. The molecule has 0 saturated heterocycles. The zero-order valence-electron chi connectivity index (χ0n) is 29.1. The third kappa shape index (κ3) is 5.74. The van der Waals surface area contributed by atoms with Crippen LogP contribution in [-0.4, -0.2) is 24.9 Å². The molecule has 0 aliphatic carbocycles. The molecule has 0 bridgehead atoms. The molecule has 54 heavy (non-hydrogen) atoms. The van der Waals surface area contributed by atoms with Crippen LogP contribution in [0, 0.1) is 0 Å². The van der Waals surface area contributed by atoms with E-state index in [1.165, 1.54) is 0 Å². The standard InChI is InChI=1S/C49H31N5/c1-5-14-32(15-6-1)42-28-27-41-43(50-42)29-26-40-39-25-24-37(31-44(39)51-46(45(40)41)33-16-7-2-8-17-33)36-22-13-23-38(30-36)49-53-47(34-18-9-3-10-19-34)52-48(54-49)35-20-11-4-12-21-35/h1-31H. The lowest BCUT2D eigenvalue weighted by atomic mass is 9.94. The lowest BCUT2D eigenvalue weighted by Crippen LogP contribution is -2.00. The van der Waals surface area contributed by atoms with Crippen LogP contribution < -0.4 is 0 Å². The van der Waals surface area contributed by atoms with E-state index in [4.69, 9.17) is 24.9 Å². The molecule has 7 aromatic carbocycles. The number of nitrogens with zero attached hydrogens (tertiary/aromatic N) is 5. The highest BCUT2D eigenvalue weighted by Gasteiger charge is 2.17. The van der Waals surface area contributed by atoms with Crippen molar-refractivity contribution in [3.8, 4) is 67.8 Å². The zero-order chi connectivity index (χ0) is 35.8. The Hall–Kier alpha value is -7.37. The summed E-state index contributed by atoms with van der Waals surface area (Å²) in [7, 11) is 0. The first-order chi connectivity index (χ1) is 26.7. The molecule has 10 aromatic rings. The van der Waals surface area contributed by atoms with E-state index in [-0.39, 0.29) is 0 Å². The number of hydrogen-bond acceptors (Lipinski definition) is 5. The van der Waals surface area contributed by atoms with Crippen LogP contribution in [0.5, 0.6) is 0 Å². The van der Waals surface area contributed by atoms with Crippen LogP contribution in [0.3, 0.4) is 0 Å². The van der Waals surface area contributed by atoms with Gasteiger partial charge in [0, 0.05) is 44.0 Å². The van der Waals surface area contributed by atoms with Crippen molar-refractivity contribution in [3.05, 3.63) is 188 Å². The van der Waals surface area contributed by atoms with E-state index in [1.54, 1.807) is 0 Å². The van der Waals surface area contributed by atoms with Gasteiger partial charge in [0.05, 0.1) is 22.4 Å². The molecule has 252 valence electrons. The maximum Gasteiger partial charge on any atom is 0.164 e. The van der Waals surface area contributed by atoms with Gasteiger partial charge in [-0.05, 0) is 46.8 Å². The van der Waals surface area contributed by atoms with E-state index in [0.717, 1.165) is 82.9 Å². The molecule has 0 unspecified atom stereocenters. The van der Waals surface area contributed by atoms with Crippen molar-refractivity contribution in [2.45, 2.75) is 0 Å². The lowest BCUT2D eigenvalue weighted by Gasteiger charge is -2.14. The summed E-state index contributed by atoms with van der Waals surface area (Å²) >= 11 is 0. The van der Waals surface area contributed by atoms with Crippen LogP contribution >= 0.6 is 0 Å². The van der Waals surface area contributed by atoms with Crippen LogP contribution in [0.25, 0.3) is 100 Å². The zero-order valence-corrected chi connectivity index (χ0v) is 29.1. The number of pyridine rings is 2. The second-order valence-corrected chi connectivity index (χ2v) is 13.3. The molecule has 3 aromatic heterocycles. The Labute approximate surface area is 312 Å². The minimum atomic E-state index is 0.622. The summed E-state index contributed by atoms with van der Waals surface area (Å²) in [6.07, 6.45) is 0. The Morgan fingerprint density at radius 3 is 1.41 bits per heavy atom. The molecule has 3 heterocycles. The van der Waals surface area contributed by atoms with Crippen molar-refractivity contribution >= 4 is 32.6 Å². The van der Waals surface area contributed by atoms with Crippen molar-refractivity contribution in [3.63, 3.8) is 0 Å². The van der Waals surface area contributed by atoms with E-state index >= 15 is 0 Å². The van der Waals surface area contributed by atoms with E-state index in [9.17, 15) is 0 Å². The molecule has 0 atom stereocenters. The van der Waals surface area contributed by atoms with Gasteiger partial charge in [-0.15, -0.1) is 0 Å². The first-order valence-electron chi connectivity index (χ1n) is 18.0. The molecule has 0 aliphatic rings. The number of fused-ring (bicyclic) bond motifs is 5. The number of benzene rings is 7. The summed E-state index contributed by atoms with van der Waals surface area (Å²) in [6, 6.07) is 64.5. The fraction of sp³-hybridized carbons (Fsp3) is 0. The molecular weight excluding hydrogens is 659 g/mol. The topological polar surface area (TPSA) is 64.5 Å². The molecule has 5 heteroatoms. The average molecular weight is 690 g/mol. The molecule has 0 saturated carbocycles. The van der Waals surface area contributed by atoms with Gasteiger partial charge in [0.15, 0.2) is 17.5 Å². The first kappa shape index (κ1) is 31.4. The Morgan fingerprint density at radius 2 is 0.759 bits per heavy atom. The summed E-state index contributed by atoms with van der Waals surface area (Å²) in [5.74, 6) is 1.90. The lowest BCUT2D eigenvalue weighted by molar-refractivity contribution is 1.07. The Morgan fingerprint density at radius 1 is 0.259 bits per heavy atom.